The monoisotopic (exact) mass is 156 g/mol. The average molecular weight is 156 g/mol. The van der Waals surface area contributed by atoms with Crippen LogP contribution in [-0.2, 0) is 0 Å². The predicted molar refractivity (Wildman–Crippen MR) is 51.3 cm³/mol. The summed E-state index contributed by atoms with van der Waals surface area (Å²) in [5.74, 6) is 0. The Labute approximate surface area is 71.4 Å². The van der Waals surface area contributed by atoms with E-state index < -0.39 is 0 Å². The van der Waals surface area contributed by atoms with Crippen molar-refractivity contribution in [2.75, 3.05) is 0 Å². The molecule has 0 aromatic carbocycles. The Morgan fingerprint density at radius 1 is 1.45 bits per heavy atom. The maximum Gasteiger partial charge on any atom is 0.00104 e. The van der Waals surface area contributed by atoms with E-state index in [0.29, 0.717) is 11.5 Å². The lowest BCUT2D eigenvalue weighted by atomic mass is 9.84. The maximum absolute atomic E-state index is 5.65. The van der Waals surface area contributed by atoms with Crippen molar-refractivity contribution in [2.24, 2.45) is 11.1 Å². The van der Waals surface area contributed by atoms with Gasteiger partial charge in [0.15, 0.2) is 0 Å². The van der Waals surface area contributed by atoms with Crippen molar-refractivity contribution >= 4 is 0 Å². The highest BCUT2D eigenvalue weighted by Crippen LogP contribution is 2.26. The van der Waals surface area contributed by atoms with Gasteiger partial charge in [-0.3, -0.25) is 0 Å². The first-order valence-electron chi connectivity index (χ1n) is 4.53. The Morgan fingerprint density at radius 2 is 2.00 bits per heavy atom. The van der Waals surface area contributed by atoms with Crippen LogP contribution < -0.4 is 5.73 Å². The fourth-order valence-corrected chi connectivity index (χ4v) is 1.03. The lowest BCUT2D eigenvalue weighted by molar-refractivity contribution is 0.320. The van der Waals surface area contributed by atoms with Crippen molar-refractivity contribution in [3.8, 4) is 0 Å². The second-order valence-electron chi connectivity index (χ2n) is 4.28. The first-order chi connectivity index (χ1) is 4.98. The molecule has 1 atom stereocenters. The van der Waals surface area contributed by atoms with Gasteiger partial charge in [0.2, 0.25) is 0 Å². The number of hydrogen-bond donors (Lipinski definition) is 1. The molecule has 1 unspecified atom stereocenters. The molecule has 1 radical (unpaired) electrons. The standard InChI is InChI=1S/C10H22N/c1-5-10(3,4)8-6-7-9(2)11/h9H,1,5-8,11H2,2-4H3. The molecule has 0 aromatic heterocycles. The summed E-state index contributed by atoms with van der Waals surface area (Å²) in [4.78, 5) is 0. The van der Waals surface area contributed by atoms with E-state index in [1.807, 2.05) is 0 Å². The van der Waals surface area contributed by atoms with Gasteiger partial charge in [-0.25, -0.2) is 0 Å². The van der Waals surface area contributed by atoms with Crippen LogP contribution in [0.15, 0.2) is 0 Å². The Balaban J connectivity index is 3.38. The molecule has 0 aromatic rings. The summed E-state index contributed by atoms with van der Waals surface area (Å²) >= 11 is 0. The van der Waals surface area contributed by atoms with Crippen LogP contribution in [-0.4, -0.2) is 6.04 Å². The van der Waals surface area contributed by atoms with E-state index in [0.717, 1.165) is 12.8 Å². The van der Waals surface area contributed by atoms with E-state index in [1.165, 1.54) is 12.8 Å². The normalized spacial score (nSPS) is 15.0. The summed E-state index contributed by atoms with van der Waals surface area (Å²) in [6.07, 6.45) is 4.65. The third kappa shape index (κ3) is 6.36. The lowest BCUT2D eigenvalue weighted by Gasteiger charge is -2.22. The molecule has 11 heavy (non-hydrogen) atoms. The highest BCUT2D eigenvalue weighted by atomic mass is 14.6. The molecule has 0 fully saturated rings. The Bertz CT molecular complexity index is 95.0. The zero-order valence-electron chi connectivity index (χ0n) is 8.19. The van der Waals surface area contributed by atoms with Crippen molar-refractivity contribution < 1.29 is 0 Å². The van der Waals surface area contributed by atoms with E-state index in [4.69, 9.17) is 5.73 Å². The fourth-order valence-electron chi connectivity index (χ4n) is 1.03. The van der Waals surface area contributed by atoms with Crippen LogP contribution in [0, 0.1) is 12.3 Å². The Hall–Kier alpha value is -0.0400. The molecule has 0 saturated carbocycles. The summed E-state index contributed by atoms with van der Waals surface area (Å²) in [5, 5.41) is 0. The molecular formula is C10H22N. The van der Waals surface area contributed by atoms with Crippen LogP contribution in [0.3, 0.4) is 0 Å². The number of rotatable bonds is 5. The smallest absolute Gasteiger partial charge is 0.00104 e. The number of nitrogens with two attached hydrogens (primary N) is 1. The van der Waals surface area contributed by atoms with E-state index in [1.54, 1.807) is 0 Å². The molecule has 0 bridgehead atoms. The van der Waals surface area contributed by atoms with Crippen molar-refractivity contribution in [1.29, 1.82) is 0 Å². The van der Waals surface area contributed by atoms with Crippen LogP contribution in [0.25, 0.3) is 0 Å². The van der Waals surface area contributed by atoms with E-state index in [-0.39, 0.29) is 0 Å². The van der Waals surface area contributed by atoms with Crippen LogP contribution >= 0.6 is 0 Å². The van der Waals surface area contributed by atoms with Gasteiger partial charge < -0.3 is 5.73 Å². The van der Waals surface area contributed by atoms with Crippen LogP contribution in [0.1, 0.15) is 46.5 Å². The molecule has 2 N–H and O–H groups in total. The fraction of sp³-hybridized carbons (Fsp3) is 0.900. The minimum Gasteiger partial charge on any atom is -0.328 e. The predicted octanol–water partition coefficient (Wildman–Crippen LogP) is 2.75. The van der Waals surface area contributed by atoms with Gasteiger partial charge in [0, 0.05) is 6.04 Å². The van der Waals surface area contributed by atoms with E-state index in [2.05, 4.69) is 27.7 Å². The van der Waals surface area contributed by atoms with Crippen molar-refractivity contribution in [3.05, 3.63) is 6.92 Å². The summed E-state index contributed by atoms with van der Waals surface area (Å²) < 4.78 is 0. The quantitative estimate of drug-likeness (QED) is 0.650. The number of hydrogen-bond acceptors (Lipinski definition) is 1. The van der Waals surface area contributed by atoms with Gasteiger partial charge in [-0.15, -0.1) is 0 Å². The minimum atomic E-state index is 0.357. The average Bonchev–Trinajstić information content (AvgIpc) is 1.87. The first kappa shape index (κ1) is 11.0. The molecule has 1 nitrogen and oxygen atoms in total. The third-order valence-electron chi connectivity index (χ3n) is 2.19. The van der Waals surface area contributed by atoms with Crippen LogP contribution in [0.4, 0.5) is 0 Å². The SMILES string of the molecule is [CH2]CC(C)(C)CCCC(C)N. The molecule has 67 valence electrons. The molecular weight excluding hydrogens is 134 g/mol. The zero-order valence-corrected chi connectivity index (χ0v) is 8.19. The van der Waals surface area contributed by atoms with Gasteiger partial charge in [0.25, 0.3) is 0 Å². The Morgan fingerprint density at radius 3 is 2.36 bits per heavy atom. The maximum atomic E-state index is 5.65. The Kier molecular flexibility index (Phi) is 4.74. The first-order valence-corrected chi connectivity index (χ1v) is 4.53. The minimum absolute atomic E-state index is 0.357. The second kappa shape index (κ2) is 4.76. The zero-order chi connectivity index (χ0) is 8.91. The lowest BCUT2D eigenvalue weighted by Crippen LogP contribution is -2.16. The van der Waals surface area contributed by atoms with Crippen molar-refractivity contribution in [1.82, 2.24) is 0 Å². The third-order valence-corrected chi connectivity index (χ3v) is 2.19. The molecule has 0 spiro atoms. The van der Waals surface area contributed by atoms with E-state index >= 15 is 0 Å². The second-order valence-corrected chi connectivity index (χ2v) is 4.28. The van der Waals surface area contributed by atoms with Crippen molar-refractivity contribution in [2.45, 2.75) is 52.5 Å². The van der Waals surface area contributed by atoms with Gasteiger partial charge in [0.05, 0.1) is 0 Å². The largest absolute Gasteiger partial charge is 0.328 e. The molecule has 1 heteroatoms. The highest BCUT2D eigenvalue weighted by molar-refractivity contribution is 4.70. The molecule has 0 aliphatic heterocycles. The summed E-state index contributed by atoms with van der Waals surface area (Å²) in [7, 11) is 0. The highest BCUT2D eigenvalue weighted by Gasteiger charge is 2.14. The van der Waals surface area contributed by atoms with Gasteiger partial charge in [0.1, 0.15) is 0 Å². The van der Waals surface area contributed by atoms with Crippen LogP contribution in [0.5, 0.6) is 0 Å². The van der Waals surface area contributed by atoms with Gasteiger partial charge in [-0.1, -0.05) is 27.2 Å². The van der Waals surface area contributed by atoms with E-state index in [9.17, 15) is 0 Å². The molecule has 0 heterocycles. The molecule has 0 saturated heterocycles. The summed E-state index contributed by atoms with van der Waals surface area (Å²) in [6.45, 7) is 10.5. The van der Waals surface area contributed by atoms with Gasteiger partial charge in [-0.05, 0) is 31.6 Å². The van der Waals surface area contributed by atoms with Gasteiger partial charge in [-0.2, -0.15) is 0 Å². The molecule has 0 aliphatic carbocycles. The molecule has 0 amide bonds. The molecule has 0 aliphatic rings. The van der Waals surface area contributed by atoms with Gasteiger partial charge >= 0.3 is 0 Å². The topological polar surface area (TPSA) is 26.0 Å². The summed E-state index contributed by atoms with van der Waals surface area (Å²) in [5.41, 5.74) is 6.06. The summed E-state index contributed by atoms with van der Waals surface area (Å²) in [6, 6.07) is 0.357. The van der Waals surface area contributed by atoms with Crippen molar-refractivity contribution in [3.63, 3.8) is 0 Å². The molecule has 0 rings (SSSR count). The van der Waals surface area contributed by atoms with Crippen LogP contribution in [0.2, 0.25) is 0 Å².